The van der Waals surface area contributed by atoms with Gasteiger partial charge in [-0.3, -0.25) is 19.4 Å². The zero-order valence-electron chi connectivity index (χ0n) is 22.2. The monoisotopic (exact) mass is 572 g/mol. The van der Waals surface area contributed by atoms with Gasteiger partial charge < -0.3 is 16.8 Å². The lowest BCUT2D eigenvalue weighted by molar-refractivity contribution is 0.0706. The smallest absolute Gasteiger partial charge is 0.274 e. The van der Waals surface area contributed by atoms with E-state index in [4.69, 9.17) is 33.3 Å². The molecule has 0 aliphatic heterocycles. The van der Waals surface area contributed by atoms with Crippen molar-refractivity contribution in [3.8, 4) is 5.69 Å². The first kappa shape index (κ1) is 29.0. The number of carbonyl (C=O) groups excluding carboxylic acids is 1. The van der Waals surface area contributed by atoms with E-state index in [-0.39, 0.29) is 22.2 Å². The highest BCUT2D eigenvalue weighted by Gasteiger charge is 2.15. The number of aromatic nitrogens is 4. The maximum Gasteiger partial charge on any atom is 0.274 e. The Kier molecular flexibility index (Phi) is 9.46. The molecule has 210 valence electrons. The zero-order valence-corrected chi connectivity index (χ0v) is 23.0. The molecule has 0 unspecified atom stereocenters. The maximum atomic E-state index is 13.6. The highest BCUT2D eigenvalue weighted by molar-refractivity contribution is 6.34. The second-order valence-corrected chi connectivity index (χ2v) is 9.28. The molecule has 41 heavy (non-hydrogen) atoms. The van der Waals surface area contributed by atoms with Crippen LogP contribution in [0.3, 0.4) is 0 Å². The summed E-state index contributed by atoms with van der Waals surface area (Å²) in [4.78, 5) is 37.1. The van der Waals surface area contributed by atoms with E-state index < -0.39 is 5.91 Å². The summed E-state index contributed by atoms with van der Waals surface area (Å²) in [5, 5.41) is 12.8. The van der Waals surface area contributed by atoms with Crippen molar-refractivity contribution < 1.29 is 10.0 Å². The van der Waals surface area contributed by atoms with E-state index in [2.05, 4.69) is 22.2 Å². The van der Waals surface area contributed by atoms with Crippen molar-refractivity contribution >= 4 is 45.7 Å². The molecule has 1 amide bonds. The number of benzene rings is 3. The van der Waals surface area contributed by atoms with E-state index in [1.54, 1.807) is 34.3 Å². The Labute approximate surface area is 240 Å². The predicted molar refractivity (Wildman–Crippen MR) is 160 cm³/mol. The van der Waals surface area contributed by atoms with Gasteiger partial charge in [0.05, 0.1) is 16.6 Å². The lowest BCUT2D eigenvalue weighted by atomic mass is 10.1. The number of carbonyl (C=O) groups is 1. The number of rotatable bonds is 7. The third-order valence-corrected chi connectivity index (χ3v) is 6.49. The molecule has 0 radical (unpaired) electrons. The molecule has 5 aromatic rings. The molecule has 12 heteroatoms. The van der Waals surface area contributed by atoms with Crippen LogP contribution in [0.4, 0.5) is 17.3 Å². The van der Waals surface area contributed by atoms with Crippen molar-refractivity contribution in [2.24, 2.45) is 0 Å². The number of halogens is 1. The Bertz CT molecular complexity index is 1690. The Morgan fingerprint density at radius 1 is 0.976 bits per heavy atom. The molecule has 3 aromatic carbocycles. The number of anilines is 3. The van der Waals surface area contributed by atoms with Crippen LogP contribution >= 0.6 is 11.6 Å². The maximum absolute atomic E-state index is 13.6. The molecular formula is C29H29ClN8O3. The van der Waals surface area contributed by atoms with Crippen molar-refractivity contribution in [1.29, 1.82) is 0 Å². The molecule has 11 nitrogen and oxygen atoms in total. The second-order valence-electron chi connectivity index (χ2n) is 8.90. The van der Waals surface area contributed by atoms with E-state index in [1.165, 1.54) is 6.33 Å². The number of hydroxylamine groups is 1. The van der Waals surface area contributed by atoms with Crippen LogP contribution in [0.1, 0.15) is 35.1 Å². The van der Waals surface area contributed by atoms with E-state index in [1.807, 2.05) is 48.5 Å². The van der Waals surface area contributed by atoms with Crippen LogP contribution in [-0.2, 0) is 13.0 Å². The lowest BCUT2D eigenvalue weighted by Gasteiger charge is -2.15. The Morgan fingerprint density at radius 2 is 1.66 bits per heavy atom. The molecule has 5 rings (SSSR count). The number of fused-ring (bicyclic) bond motifs is 1. The average Bonchev–Trinajstić information content (AvgIpc) is 2.99. The van der Waals surface area contributed by atoms with Gasteiger partial charge in [-0.1, -0.05) is 54.9 Å². The minimum atomic E-state index is -0.561. The average molecular weight is 573 g/mol. The van der Waals surface area contributed by atoms with E-state index in [0.29, 0.717) is 35.1 Å². The fraction of sp³-hybridized carbons (Fsp3) is 0.138. The SMILES string of the molecule is CCCc1nc2cccc(NCc3ccc(C(=O)NO)cc3)c2c(=O)n1-c1ccccc1.Nc1ncnc(N)c1Cl. The summed E-state index contributed by atoms with van der Waals surface area (Å²) in [6, 6.07) is 22.0. The fourth-order valence-electron chi connectivity index (χ4n) is 4.09. The second kappa shape index (κ2) is 13.4. The van der Waals surface area contributed by atoms with Crippen molar-refractivity contribution in [1.82, 2.24) is 25.0 Å². The molecule has 0 aliphatic carbocycles. The van der Waals surface area contributed by atoms with E-state index >= 15 is 0 Å². The third kappa shape index (κ3) is 6.78. The molecule has 7 N–H and O–H groups in total. The largest absolute Gasteiger partial charge is 0.382 e. The molecule has 0 saturated carbocycles. The van der Waals surface area contributed by atoms with Gasteiger partial charge in [-0.15, -0.1) is 0 Å². The van der Waals surface area contributed by atoms with Crippen LogP contribution in [0.2, 0.25) is 5.02 Å². The summed E-state index contributed by atoms with van der Waals surface area (Å²) in [5.41, 5.74) is 15.5. The van der Waals surface area contributed by atoms with Crippen LogP contribution < -0.4 is 27.8 Å². The molecule has 0 aliphatic rings. The highest BCUT2D eigenvalue weighted by atomic mass is 35.5. The highest BCUT2D eigenvalue weighted by Crippen LogP contribution is 2.22. The summed E-state index contributed by atoms with van der Waals surface area (Å²) >= 11 is 5.50. The molecular weight excluding hydrogens is 544 g/mol. The van der Waals surface area contributed by atoms with Crippen LogP contribution in [0.25, 0.3) is 16.6 Å². The molecule has 0 saturated heterocycles. The summed E-state index contributed by atoms with van der Waals surface area (Å²) in [6.07, 6.45) is 2.84. The van der Waals surface area contributed by atoms with Crippen molar-refractivity contribution in [2.75, 3.05) is 16.8 Å². The lowest BCUT2D eigenvalue weighted by Crippen LogP contribution is -2.24. The molecule has 0 bridgehead atoms. The van der Waals surface area contributed by atoms with Gasteiger partial charge in [0, 0.05) is 24.2 Å². The first-order valence-electron chi connectivity index (χ1n) is 12.7. The number of hydrogen-bond donors (Lipinski definition) is 5. The first-order valence-corrected chi connectivity index (χ1v) is 13.1. The van der Waals surface area contributed by atoms with Crippen LogP contribution in [-0.4, -0.2) is 30.6 Å². The number of aryl methyl sites for hydroxylation is 1. The fourth-order valence-corrected chi connectivity index (χ4v) is 4.19. The van der Waals surface area contributed by atoms with E-state index in [0.717, 1.165) is 23.5 Å². The molecule has 2 heterocycles. The molecule has 0 atom stereocenters. The summed E-state index contributed by atoms with van der Waals surface area (Å²) in [6.45, 7) is 2.53. The molecule has 2 aromatic heterocycles. The number of amides is 1. The number of nitrogen functional groups attached to an aromatic ring is 2. The minimum Gasteiger partial charge on any atom is -0.382 e. The summed E-state index contributed by atoms with van der Waals surface area (Å²) < 4.78 is 1.69. The van der Waals surface area contributed by atoms with E-state index in [9.17, 15) is 9.59 Å². The number of nitrogens with one attached hydrogen (secondary N) is 2. The molecule has 0 fully saturated rings. The van der Waals surface area contributed by atoms with Crippen LogP contribution in [0.15, 0.2) is 83.9 Å². The summed E-state index contributed by atoms with van der Waals surface area (Å²) in [5.74, 6) is 0.605. The van der Waals surface area contributed by atoms with Crippen LogP contribution in [0, 0.1) is 0 Å². The van der Waals surface area contributed by atoms with Gasteiger partial charge >= 0.3 is 0 Å². The number of nitrogens with zero attached hydrogens (tertiary/aromatic N) is 4. The van der Waals surface area contributed by atoms with Gasteiger partial charge in [-0.2, -0.15) is 0 Å². The predicted octanol–water partition coefficient (Wildman–Crippen LogP) is 4.36. The summed E-state index contributed by atoms with van der Waals surface area (Å²) in [7, 11) is 0. The molecule has 0 spiro atoms. The quantitative estimate of drug-likeness (QED) is 0.140. The van der Waals surface area contributed by atoms with Gasteiger partial charge in [0.15, 0.2) is 0 Å². The van der Waals surface area contributed by atoms with Gasteiger partial charge in [-0.25, -0.2) is 20.4 Å². The topological polar surface area (TPSA) is 174 Å². The van der Waals surface area contributed by atoms with Crippen molar-refractivity contribution in [2.45, 2.75) is 26.3 Å². The zero-order chi connectivity index (χ0) is 29.4. The van der Waals surface area contributed by atoms with Gasteiger partial charge in [0.25, 0.3) is 11.5 Å². The first-order chi connectivity index (χ1) is 19.8. The standard InChI is InChI=1S/C25H24N4O3.C4H5ClN4/c1-2-7-22-27-21-11-6-10-20(23(21)25(31)29(22)19-8-4-3-5-9-19)26-16-17-12-14-18(15-13-17)24(30)28-32;5-2-3(6)8-1-9-4(2)7/h3-6,8-15,26,32H,2,7,16H2,1H3,(H,28,30);1H,(H4,6,7,8,9). The Balaban J connectivity index is 0.000000367. The van der Waals surface area contributed by atoms with Gasteiger partial charge in [0.2, 0.25) is 0 Å². The van der Waals surface area contributed by atoms with Crippen molar-refractivity contribution in [3.63, 3.8) is 0 Å². The Morgan fingerprint density at radius 3 is 2.27 bits per heavy atom. The number of para-hydroxylation sites is 1. The number of nitrogens with two attached hydrogens (primary N) is 2. The van der Waals surface area contributed by atoms with Crippen LogP contribution in [0.5, 0.6) is 0 Å². The van der Waals surface area contributed by atoms with Crippen molar-refractivity contribution in [3.05, 3.63) is 111 Å². The normalized spacial score (nSPS) is 10.5. The minimum absolute atomic E-state index is 0.109. The van der Waals surface area contributed by atoms with Gasteiger partial charge in [-0.05, 0) is 48.4 Å². The third-order valence-electron chi connectivity index (χ3n) is 6.10. The Hall–Kier alpha value is -5.00. The van der Waals surface area contributed by atoms with Gasteiger partial charge in [0.1, 0.15) is 28.8 Å². The number of hydrogen-bond acceptors (Lipinski definition) is 9.